The SMILES string of the molecule is Cc1cnn(CCC(=O)Nc2c(C)nn(Cc3cccc(Cl)c3)c2C)c1. The van der Waals surface area contributed by atoms with Crippen LogP contribution < -0.4 is 5.32 Å². The molecule has 0 saturated heterocycles. The quantitative estimate of drug-likeness (QED) is 0.717. The average molecular weight is 372 g/mol. The minimum atomic E-state index is -0.0494. The number of aryl methyl sites for hydroxylation is 3. The third-order valence-corrected chi connectivity index (χ3v) is 4.43. The van der Waals surface area contributed by atoms with Gasteiger partial charge in [0.2, 0.25) is 5.91 Å². The number of rotatable bonds is 6. The molecule has 0 atom stereocenters. The van der Waals surface area contributed by atoms with Crippen molar-refractivity contribution in [3.63, 3.8) is 0 Å². The van der Waals surface area contributed by atoms with Crippen LogP contribution in [0.3, 0.4) is 0 Å². The Morgan fingerprint density at radius 1 is 1.27 bits per heavy atom. The summed E-state index contributed by atoms with van der Waals surface area (Å²) in [6.45, 7) is 6.99. The second-order valence-corrected chi connectivity index (χ2v) is 6.85. The van der Waals surface area contributed by atoms with Crippen molar-refractivity contribution in [1.29, 1.82) is 0 Å². The summed E-state index contributed by atoms with van der Waals surface area (Å²) in [5.74, 6) is -0.0494. The van der Waals surface area contributed by atoms with Crippen LogP contribution in [0.2, 0.25) is 5.02 Å². The summed E-state index contributed by atoms with van der Waals surface area (Å²) in [5.41, 5.74) is 4.64. The molecule has 26 heavy (non-hydrogen) atoms. The highest BCUT2D eigenvalue weighted by atomic mass is 35.5. The molecule has 3 aromatic rings. The Labute approximate surface area is 157 Å². The van der Waals surface area contributed by atoms with Gasteiger partial charge in [-0.15, -0.1) is 0 Å². The fourth-order valence-corrected chi connectivity index (χ4v) is 3.06. The van der Waals surface area contributed by atoms with Gasteiger partial charge in [-0.3, -0.25) is 14.2 Å². The largest absolute Gasteiger partial charge is 0.323 e. The number of benzene rings is 1. The standard InChI is InChI=1S/C19H22ClN5O/c1-13-10-21-24(11-13)8-7-18(26)22-19-14(2)23-25(15(19)3)12-16-5-4-6-17(20)9-16/h4-6,9-11H,7-8,12H2,1-3H3,(H,22,26). The maximum atomic E-state index is 12.3. The number of carbonyl (C=O) groups excluding carboxylic acids is 1. The number of nitrogens with zero attached hydrogens (tertiary/aromatic N) is 4. The zero-order valence-corrected chi connectivity index (χ0v) is 15.9. The van der Waals surface area contributed by atoms with Gasteiger partial charge in [0.25, 0.3) is 0 Å². The van der Waals surface area contributed by atoms with Gasteiger partial charge in [0, 0.05) is 24.2 Å². The summed E-state index contributed by atoms with van der Waals surface area (Å²) in [4.78, 5) is 12.3. The first-order chi connectivity index (χ1) is 12.4. The van der Waals surface area contributed by atoms with E-state index < -0.39 is 0 Å². The Balaban J connectivity index is 1.66. The Morgan fingerprint density at radius 2 is 2.08 bits per heavy atom. The van der Waals surface area contributed by atoms with Gasteiger partial charge in [0.05, 0.1) is 29.8 Å². The van der Waals surface area contributed by atoms with E-state index >= 15 is 0 Å². The zero-order valence-electron chi connectivity index (χ0n) is 15.2. The number of anilines is 1. The summed E-state index contributed by atoms with van der Waals surface area (Å²) < 4.78 is 3.66. The van der Waals surface area contributed by atoms with Crippen LogP contribution in [0.5, 0.6) is 0 Å². The number of carbonyl (C=O) groups is 1. The van der Waals surface area contributed by atoms with Gasteiger partial charge in [0.1, 0.15) is 0 Å². The van der Waals surface area contributed by atoms with Crippen molar-refractivity contribution < 1.29 is 4.79 Å². The highest BCUT2D eigenvalue weighted by molar-refractivity contribution is 6.30. The summed E-state index contributed by atoms with van der Waals surface area (Å²) in [6.07, 6.45) is 4.07. The highest BCUT2D eigenvalue weighted by Crippen LogP contribution is 2.21. The lowest BCUT2D eigenvalue weighted by atomic mass is 10.2. The molecule has 0 spiro atoms. The molecular formula is C19H22ClN5O. The molecule has 0 saturated carbocycles. The first-order valence-electron chi connectivity index (χ1n) is 8.49. The van der Waals surface area contributed by atoms with Gasteiger partial charge in [-0.2, -0.15) is 10.2 Å². The fraction of sp³-hybridized carbons (Fsp3) is 0.316. The van der Waals surface area contributed by atoms with Gasteiger partial charge in [-0.1, -0.05) is 23.7 Å². The maximum absolute atomic E-state index is 12.3. The van der Waals surface area contributed by atoms with E-state index in [2.05, 4.69) is 15.5 Å². The third kappa shape index (κ3) is 4.32. The van der Waals surface area contributed by atoms with Crippen molar-refractivity contribution in [3.05, 3.63) is 64.2 Å². The second-order valence-electron chi connectivity index (χ2n) is 6.41. The molecule has 0 aliphatic rings. The Morgan fingerprint density at radius 3 is 2.77 bits per heavy atom. The van der Waals surface area contributed by atoms with Crippen molar-refractivity contribution in [3.8, 4) is 0 Å². The molecule has 1 aromatic carbocycles. The molecular weight excluding hydrogens is 350 g/mol. The minimum Gasteiger partial charge on any atom is -0.323 e. The lowest BCUT2D eigenvalue weighted by molar-refractivity contribution is -0.116. The highest BCUT2D eigenvalue weighted by Gasteiger charge is 2.14. The van der Waals surface area contributed by atoms with Crippen molar-refractivity contribution in [1.82, 2.24) is 19.6 Å². The Kier molecular flexibility index (Phi) is 5.42. The third-order valence-electron chi connectivity index (χ3n) is 4.20. The van der Waals surface area contributed by atoms with E-state index in [1.165, 1.54) is 0 Å². The van der Waals surface area contributed by atoms with Crippen molar-refractivity contribution in [2.75, 3.05) is 5.32 Å². The van der Waals surface area contributed by atoms with E-state index in [0.29, 0.717) is 24.5 Å². The fourth-order valence-electron chi connectivity index (χ4n) is 2.85. The minimum absolute atomic E-state index is 0.0494. The lowest BCUT2D eigenvalue weighted by Crippen LogP contribution is -2.15. The van der Waals surface area contributed by atoms with E-state index in [4.69, 9.17) is 11.6 Å². The normalized spacial score (nSPS) is 10.9. The number of aromatic nitrogens is 4. The number of nitrogens with one attached hydrogen (secondary N) is 1. The van der Waals surface area contributed by atoms with Crippen LogP contribution in [0.1, 0.15) is 28.9 Å². The first-order valence-corrected chi connectivity index (χ1v) is 8.87. The number of hydrogen-bond acceptors (Lipinski definition) is 3. The average Bonchev–Trinajstić information content (AvgIpc) is 3.12. The summed E-state index contributed by atoms with van der Waals surface area (Å²) >= 11 is 6.05. The molecule has 6 nitrogen and oxygen atoms in total. The van der Waals surface area contributed by atoms with E-state index in [1.807, 2.05) is 55.9 Å². The lowest BCUT2D eigenvalue weighted by Gasteiger charge is -2.08. The molecule has 2 aromatic heterocycles. The molecule has 0 radical (unpaired) electrons. The Bertz CT molecular complexity index is 928. The summed E-state index contributed by atoms with van der Waals surface area (Å²) in [6, 6.07) is 7.69. The van der Waals surface area contributed by atoms with Crippen molar-refractivity contribution >= 4 is 23.2 Å². The second kappa shape index (κ2) is 7.74. The van der Waals surface area contributed by atoms with Gasteiger partial charge in [-0.05, 0) is 44.0 Å². The number of amides is 1. The smallest absolute Gasteiger partial charge is 0.226 e. The van der Waals surface area contributed by atoms with Crippen molar-refractivity contribution in [2.45, 2.75) is 40.3 Å². The molecule has 0 bridgehead atoms. The van der Waals surface area contributed by atoms with E-state index in [9.17, 15) is 4.79 Å². The predicted octanol–water partition coefficient (Wildman–Crippen LogP) is 3.74. The molecule has 1 amide bonds. The number of halogens is 1. The van der Waals surface area contributed by atoms with Gasteiger partial charge in [-0.25, -0.2) is 0 Å². The van der Waals surface area contributed by atoms with Crippen LogP contribution in [-0.4, -0.2) is 25.5 Å². The molecule has 136 valence electrons. The van der Waals surface area contributed by atoms with E-state index in [1.54, 1.807) is 10.9 Å². The first kappa shape index (κ1) is 18.2. The molecule has 7 heteroatoms. The maximum Gasteiger partial charge on any atom is 0.226 e. The van der Waals surface area contributed by atoms with Crippen LogP contribution in [0, 0.1) is 20.8 Å². The molecule has 3 rings (SSSR count). The number of hydrogen-bond donors (Lipinski definition) is 1. The Hall–Kier alpha value is -2.60. The zero-order chi connectivity index (χ0) is 18.7. The topological polar surface area (TPSA) is 64.7 Å². The molecule has 0 fully saturated rings. The van der Waals surface area contributed by atoms with Crippen LogP contribution >= 0.6 is 11.6 Å². The monoisotopic (exact) mass is 371 g/mol. The molecule has 0 aliphatic heterocycles. The van der Waals surface area contributed by atoms with Gasteiger partial charge >= 0.3 is 0 Å². The van der Waals surface area contributed by atoms with Gasteiger partial charge < -0.3 is 5.32 Å². The summed E-state index contributed by atoms with van der Waals surface area (Å²) in [7, 11) is 0. The molecule has 0 unspecified atom stereocenters. The van der Waals surface area contributed by atoms with Crippen molar-refractivity contribution in [2.24, 2.45) is 0 Å². The van der Waals surface area contributed by atoms with Crippen LogP contribution in [0.15, 0.2) is 36.7 Å². The molecule has 0 aliphatic carbocycles. The van der Waals surface area contributed by atoms with Gasteiger partial charge in [0.15, 0.2) is 0 Å². The van der Waals surface area contributed by atoms with Crippen LogP contribution in [-0.2, 0) is 17.9 Å². The molecule has 1 N–H and O–H groups in total. The molecule has 2 heterocycles. The predicted molar refractivity (Wildman–Crippen MR) is 102 cm³/mol. The van der Waals surface area contributed by atoms with E-state index in [0.717, 1.165) is 28.2 Å². The van der Waals surface area contributed by atoms with E-state index in [-0.39, 0.29) is 5.91 Å². The van der Waals surface area contributed by atoms with Crippen LogP contribution in [0.4, 0.5) is 5.69 Å². The summed E-state index contributed by atoms with van der Waals surface area (Å²) in [5, 5.41) is 12.4. The van der Waals surface area contributed by atoms with Crippen LogP contribution in [0.25, 0.3) is 0 Å².